The molecule has 3 N–H and O–H groups in total. The average Bonchev–Trinajstić information content (AvgIpc) is 1.78. The number of nitrogens with zero attached hydrogens (tertiary/aromatic N) is 1. The zero-order chi connectivity index (χ0) is 64.0. The number of hydrogen-bond donors (Lipinski definition) is 3. The van der Waals surface area contributed by atoms with Gasteiger partial charge in [0.15, 0.2) is 25.2 Å². The van der Waals surface area contributed by atoms with E-state index in [4.69, 9.17) is 61.6 Å². The Morgan fingerprint density at radius 1 is 0.460 bits per heavy atom. The molecule has 486 valence electrons. The summed E-state index contributed by atoms with van der Waals surface area (Å²) in [5, 5.41) is 16.7. The third-order valence-corrected chi connectivity index (χ3v) is 18.4. The smallest absolute Gasteiger partial charge is 0.302 e. The number of aliphatic hydroxyl groups excluding tert-OH is 1. The Balaban J connectivity index is 1.16. The topological polar surface area (TPSA) is 321 Å². The molecule has 26 heteroatoms. The lowest BCUT2D eigenvalue weighted by molar-refractivity contribution is -0.353. The first-order valence-electron chi connectivity index (χ1n) is 30.1. The lowest BCUT2D eigenvalue weighted by Gasteiger charge is -2.52. The summed E-state index contributed by atoms with van der Waals surface area (Å²) in [4.78, 5) is 117. The van der Waals surface area contributed by atoms with Crippen LogP contribution in [0, 0.1) is 53.3 Å². The number of nitrogens with one attached hydrogen (secondary N) is 2. The number of imide groups is 1. The fourth-order valence-electron chi connectivity index (χ4n) is 13.1. The fourth-order valence-corrected chi connectivity index (χ4v) is 13.1. The summed E-state index contributed by atoms with van der Waals surface area (Å²) < 4.78 is 81.7. The van der Waals surface area contributed by atoms with Crippen molar-refractivity contribution in [3.05, 3.63) is 35.4 Å². The molecular formula is C61H89N3O23. The first-order chi connectivity index (χ1) is 41.0. The number of benzene rings is 1. The highest BCUT2D eigenvalue weighted by Gasteiger charge is 2.57. The van der Waals surface area contributed by atoms with Crippen LogP contribution < -0.4 is 10.6 Å². The first-order valence-corrected chi connectivity index (χ1v) is 30.1. The van der Waals surface area contributed by atoms with Crippen molar-refractivity contribution in [1.82, 2.24) is 15.5 Å². The van der Waals surface area contributed by atoms with Gasteiger partial charge in [0, 0.05) is 72.1 Å². The van der Waals surface area contributed by atoms with Crippen molar-refractivity contribution in [2.24, 2.45) is 53.3 Å². The van der Waals surface area contributed by atoms with Gasteiger partial charge in [0.1, 0.15) is 44.7 Å². The Hall–Kier alpha value is -5.71. The van der Waals surface area contributed by atoms with Crippen LogP contribution in [0.2, 0.25) is 0 Å². The lowest BCUT2D eigenvalue weighted by atomic mass is 9.71. The predicted molar refractivity (Wildman–Crippen MR) is 301 cm³/mol. The number of carbonyl (C=O) groups excluding carboxylic acids is 9. The molecule has 87 heavy (non-hydrogen) atoms. The van der Waals surface area contributed by atoms with Crippen LogP contribution in [0.1, 0.15) is 131 Å². The van der Waals surface area contributed by atoms with Crippen LogP contribution in [0.3, 0.4) is 0 Å². The van der Waals surface area contributed by atoms with E-state index in [0.29, 0.717) is 0 Å². The molecule has 4 amide bonds. The number of aliphatic hydroxyl groups is 1. The summed E-state index contributed by atoms with van der Waals surface area (Å²) in [6, 6.07) is 3.69. The number of fused-ring (bicyclic) bond motifs is 1. The Morgan fingerprint density at radius 3 is 1.38 bits per heavy atom. The number of ether oxygens (including phenoxy) is 13. The highest BCUT2D eigenvalue weighted by Crippen LogP contribution is 2.46. The number of rotatable bonds is 21. The number of hydrogen-bond acceptors (Lipinski definition) is 23. The Labute approximate surface area is 507 Å². The van der Waals surface area contributed by atoms with Gasteiger partial charge in [0.2, 0.25) is 11.8 Å². The summed E-state index contributed by atoms with van der Waals surface area (Å²) in [5.74, 6) is -9.22. The molecule has 0 spiro atoms. The van der Waals surface area contributed by atoms with Crippen LogP contribution in [0.5, 0.6) is 0 Å². The average molecular weight is 1230 g/mol. The highest BCUT2D eigenvalue weighted by atomic mass is 16.7. The molecule has 4 saturated heterocycles. The van der Waals surface area contributed by atoms with E-state index in [-0.39, 0.29) is 68.3 Å². The third kappa shape index (κ3) is 16.2. The highest BCUT2D eigenvalue weighted by molar-refractivity contribution is 6.21. The fraction of sp³-hybridized carbons (Fsp3) is 0.754. The van der Waals surface area contributed by atoms with Crippen LogP contribution >= 0.6 is 0 Å². The van der Waals surface area contributed by atoms with Gasteiger partial charge in [-0.15, -0.1) is 0 Å². The van der Waals surface area contributed by atoms with Crippen molar-refractivity contribution >= 4 is 53.5 Å². The van der Waals surface area contributed by atoms with E-state index < -0.39 is 187 Å². The molecule has 25 atom stereocenters. The van der Waals surface area contributed by atoms with Crippen LogP contribution in [0.15, 0.2) is 24.3 Å². The van der Waals surface area contributed by atoms with Crippen molar-refractivity contribution in [2.75, 3.05) is 33.0 Å². The zero-order valence-electron chi connectivity index (χ0n) is 52.4. The second-order valence-electron chi connectivity index (χ2n) is 24.5. The van der Waals surface area contributed by atoms with Crippen LogP contribution in [-0.4, -0.2) is 195 Å². The van der Waals surface area contributed by atoms with Gasteiger partial charge in [-0.25, -0.2) is 0 Å². The predicted octanol–water partition coefficient (Wildman–Crippen LogP) is 3.39. The maximum Gasteiger partial charge on any atom is 0.302 e. The van der Waals surface area contributed by atoms with Gasteiger partial charge < -0.3 is 77.3 Å². The standard InChI is InChI=1S/C61H89N3O23/c1-26-28(3)51(64-56(72)42-18-16-17-19-43(42)57(64)73)61(82-45(26)22-76-37(12)68)87-53-30(5)31(6)59(83-47(53)24-78-39(14)70)86-55-33(8)50(63-35(10)66)60(84-48(55)25-79-40(15)71)85-52-29(4)27(2)44(20-41(52)21-75-36(11)67)80-54-32(7)49(62-34(9)65)58(74)81-46(54)23-77-38(13)69/h16-19,26-33,41,44-55,58-61,74H,20-25H2,1-15H3,(H,62,65)(H,63,66)/t26?,27-,28?,29-,30-,31-,32?,33?,41?,44?,45?,46?,47?,48?,49+,50+,51?,52?,53?,54+,55+,58+,59?,60-,61-/m1/s1. The van der Waals surface area contributed by atoms with Crippen molar-refractivity contribution in [3.8, 4) is 0 Å². The number of amides is 4. The van der Waals surface area contributed by atoms with Gasteiger partial charge in [-0.1, -0.05) is 67.5 Å². The summed E-state index contributed by atoms with van der Waals surface area (Å²) >= 11 is 0. The minimum atomic E-state index is -1.44. The van der Waals surface area contributed by atoms with Gasteiger partial charge in [-0.2, -0.15) is 0 Å². The number of esters is 5. The molecule has 5 fully saturated rings. The van der Waals surface area contributed by atoms with E-state index in [1.165, 1.54) is 53.4 Å². The Kier molecular flexibility index (Phi) is 23.5. The zero-order valence-corrected chi connectivity index (χ0v) is 52.4. The first kappa shape index (κ1) is 68.8. The molecule has 7 rings (SSSR count). The van der Waals surface area contributed by atoms with Gasteiger partial charge >= 0.3 is 29.8 Å². The molecule has 0 bridgehead atoms. The molecule has 1 aromatic carbocycles. The molecule has 6 aliphatic rings. The van der Waals surface area contributed by atoms with Gasteiger partial charge in [0.05, 0.1) is 72.5 Å². The van der Waals surface area contributed by atoms with Gasteiger partial charge in [-0.3, -0.25) is 48.1 Å². The minimum absolute atomic E-state index is 0.120. The molecular weight excluding hydrogens is 1140 g/mol. The van der Waals surface area contributed by atoms with Crippen LogP contribution in [-0.2, 0) is 95.1 Å². The van der Waals surface area contributed by atoms with E-state index in [9.17, 15) is 48.3 Å². The quantitative estimate of drug-likeness (QED) is 0.0902. The van der Waals surface area contributed by atoms with E-state index in [1.807, 2.05) is 48.5 Å². The SMILES string of the molecule is CC(=O)N[C@H]1C(C)[C@H](OC2OC(COC(C)=O)C(O[C@H]3OC(COC(C)=O)C(C)C(C)C3N3C(=O)c4ccccc4C3=O)[C@H](C)[C@H]2C)C(COC(C)=O)O[C@@H]1OC1C(COC(C)=O)CC(O[C@@H]2C(COC(C)=O)O[C@H](O)[C@@H](NC(C)=O)C2C)[C@H](C)[C@H]1C. The number of carbonyl (C=O) groups is 9. The minimum Gasteiger partial charge on any atom is -0.465 e. The molecule has 5 aliphatic heterocycles. The van der Waals surface area contributed by atoms with Crippen molar-refractivity contribution < 1.29 is 110 Å². The molecule has 0 aromatic heterocycles. The van der Waals surface area contributed by atoms with Crippen molar-refractivity contribution in [1.29, 1.82) is 0 Å². The second kappa shape index (κ2) is 29.7. The Morgan fingerprint density at radius 2 is 0.862 bits per heavy atom. The van der Waals surface area contributed by atoms with Crippen LogP contribution in [0.25, 0.3) is 0 Å². The molecule has 1 saturated carbocycles. The van der Waals surface area contributed by atoms with Crippen molar-refractivity contribution in [2.45, 2.75) is 208 Å². The summed E-state index contributed by atoms with van der Waals surface area (Å²) in [5.41, 5.74) is 0.452. The molecule has 5 heterocycles. The van der Waals surface area contributed by atoms with E-state index >= 15 is 0 Å². The van der Waals surface area contributed by atoms with Gasteiger partial charge in [0.25, 0.3) is 11.8 Å². The van der Waals surface area contributed by atoms with Gasteiger partial charge in [-0.05, 0) is 48.1 Å². The molecule has 0 radical (unpaired) electrons. The van der Waals surface area contributed by atoms with E-state index in [2.05, 4.69) is 10.6 Å². The molecule has 1 aliphatic carbocycles. The third-order valence-electron chi connectivity index (χ3n) is 18.4. The monoisotopic (exact) mass is 1230 g/mol. The summed E-state index contributed by atoms with van der Waals surface area (Å²) in [6.07, 6.45) is -12.8. The van der Waals surface area contributed by atoms with E-state index in [0.717, 1.165) is 0 Å². The molecule has 14 unspecified atom stereocenters. The van der Waals surface area contributed by atoms with E-state index in [1.54, 1.807) is 31.2 Å². The molecule has 1 aromatic rings. The summed E-state index contributed by atoms with van der Waals surface area (Å²) in [7, 11) is 0. The lowest BCUT2D eigenvalue weighted by Crippen LogP contribution is -2.65. The largest absolute Gasteiger partial charge is 0.465 e. The Bertz CT molecular complexity index is 2600. The normalized spacial score (nSPS) is 38.5. The van der Waals surface area contributed by atoms with Crippen molar-refractivity contribution in [3.63, 3.8) is 0 Å². The maximum atomic E-state index is 14.2. The van der Waals surface area contributed by atoms with Crippen LogP contribution in [0.4, 0.5) is 0 Å². The molecule has 26 nitrogen and oxygen atoms in total. The second-order valence-corrected chi connectivity index (χ2v) is 24.5. The maximum absolute atomic E-state index is 14.2. The summed E-state index contributed by atoms with van der Waals surface area (Å²) in [6.45, 7) is 22.7.